The van der Waals surface area contributed by atoms with Gasteiger partial charge < -0.3 is 21.1 Å². The van der Waals surface area contributed by atoms with Crippen LogP contribution >= 0.6 is 23.4 Å². The number of aromatic nitrogens is 3. The number of hydrogen-bond acceptors (Lipinski definition) is 8. The van der Waals surface area contributed by atoms with E-state index in [-0.39, 0.29) is 10.8 Å². The molecule has 0 bridgehead atoms. The van der Waals surface area contributed by atoms with Crippen LogP contribution in [0.25, 0.3) is 11.4 Å². The van der Waals surface area contributed by atoms with E-state index in [1.54, 1.807) is 12.1 Å². The molecule has 7 nitrogen and oxygen atoms in total. The van der Waals surface area contributed by atoms with Crippen LogP contribution in [0.2, 0.25) is 5.15 Å². The van der Waals surface area contributed by atoms with Crippen LogP contribution in [-0.2, 0) is 9.48 Å². The summed E-state index contributed by atoms with van der Waals surface area (Å²) in [6.07, 6.45) is 4.85. The number of morpholine rings is 1. The third-order valence-corrected chi connectivity index (χ3v) is 7.57. The van der Waals surface area contributed by atoms with Gasteiger partial charge in [0.05, 0.1) is 29.7 Å². The number of ether oxygens (including phenoxy) is 1. The number of pyridine rings is 1. The summed E-state index contributed by atoms with van der Waals surface area (Å²) in [5.41, 5.74) is 13.0. The molecule has 0 spiro atoms. The summed E-state index contributed by atoms with van der Waals surface area (Å²) in [7, 11) is 0. The van der Waals surface area contributed by atoms with E-state index in [9.17, 15) is 0 Å². The Morgan fingerprint density at radius 2 is 2.00 bits per heavy atom. The zero-order valence-electron chi connectivity index (χ0n) is 18.2. The molecule has 3 aliphatic rings. The Labute approximate surface area is 193 Å². The summed E-state index contributed by atoms with van der Waals surface area (Å²) in [5.74, 6) is 3.11. The van der Waals surface area contributed by atoms with Crippen LogP contribution in [0, 0.1) is 0 Å². The van der Waals surface area contributed by atoms with Crippen molar-refractivity contribution in [2.75, 3.05) is 36.1 Å². The summed E-state index contributed by atoms with van der Waals surface area (Å²) >= 11 is 8.10. The van der Waals surface area contributed by atoms with Gasteiger partial charge in [-0.15, -0.1) is 11.8 Å². The van der Waals surface area contributed by atoms with E-state index in [1.807, 2.05) is 11.8 Å². The van der Waals surface area contributed by atoms with Gasteiger partial charge in [0.15, 0.2) is 5.82 Å². The second-order valence-corrected chi connectivity index (χ2v) is 10.7. The second kappa shape index (κ2) is 9.48. The molecule has 2 aromatic rings. The zero-order valence-corrected chi connectivity index (χ0v) is 19.8. The second-order valence-electron chi connectivity index (χ2n) is 8.68. The molecule has 2 aliphatic heterocycles. The van der Waals surface area contributed by atoms with Gasteiger partial charge in [-0.25, -0.2) is 15.0 Å². The number of halogens is 1. The molecule has 2 unspecified atom stereocenters. The monoisotopic (exact) mass is 462 g/mol. The van der Waals surface area contributed by atoms with Crippen LogP contribution in [0.4, 0.5) is 11.6 Å². The van der Waals surface area contributed by atoms with Gasteiger partial charge in [0, 0.05) is 24.2 Å². The number of nitrogens with zero attached hydrogens (tertiary/aromatic N) is 4. The lowest BCUT2D eigenvalue weighted by Gasteiger charge is -2.35. The maximum atomic E-state index is 6.13. The minimum atomic E-state index is 0.00430. The van der Waals surface area contributed by atoms with Crippen molar-refractivity contribution in [2.45, 2.75) is 56.4 Å². The first kappa shape index (κ1) is 22.6. The summed E-state index contributed by atoms with van der Waals surface area (Å²) in [6.45, 7) is 6.67. The molecule has 4 heterocycles. The Morgan fingerprint density at radius 1 is 1.23 bits per heavy atom. The predicted molar refractivity (Wildman–Crippen MR) is 129 cm³/mol. The Kier molecular flexibility index (Phi) is 6.91. The van der Waals surface area contributed by atoms with Crippen molar-refractivity contribution in [2.24, 2.45) is 5.73 Å². The molecule has 9 heteroatoms. The van der Waals surface area contributed by atoms with Crippen molar-refractivity contribution >= 4 is 35.0 Å². The first-order valence-electron chi connectivity index (χ1n) is 10.9. The van der Waals surface area contributed by atoms with Crippen molar-refractivity contribution in [3.8, 4) is 11.4 Å². The zero-order chi connectivity index (χ0) is 22.0. The van der Waals surface area contributed by atoms with Crippen molar-refractivity contribution in [1.82, 2.24) is 15.0 Å². The lowest BCUT2D eigenvalue weighted by molar-refractivity contribution is 0.0985. The molecular formula is C22H31ClN6OS. The topological polar surface area (TPSA) is 103 Å². The van der Waals surface area contributed by atoms with Gasteiger partial charge in [0.1, 0.15) is 16.8 Å². The van der Waals surface area contributed by atoms with E-state index < -0.39 is 0 Å². The molecule has 0 amide bonds. The van der Waals surface area contributed by atoms with Gasteiger partial charge in [-0.2, -0.15) is 0 Å². The average Bonchev–Trinajstić information content (AvgIpc) is 3.39. The minimum Gasteiger partial charge on any atom is -0.384 e. The first-order valence-corrected chi connectivity index (χ1v) is 12.3. The molecule has 2 atom stereocenters. The van der Waals surface area contributed by atoms with Crippen LogP contribution in [-0.4, -0.2) is 52.5 Å². The van der Waals surface area contributed by atoms with E-state index in [0.717, 1.165) is 35.8 Å². The Hall–Kier alpha value is -1.61. The van der Waals surface area contributed by atoms with Crippen molar-refractivity contribution < 1.29 is 4.74 Å². The number of anilines is 2. The van der Waals surface area contributed by atoms with E-state index >= 15 is 0 Å². The molecule has 0 radical (unpaired) electrons. The van der Waals surface area contributed by atoms with Crippen LogP contribution < -0.4 is 16.4 Å². The lowest BCUT2D eigenvalue weighted by atomic mass is 10.0. The van der Waals surface area contributed by atoms with Gasteiger partial charge in [-0.3, -0.25) is 0 Å². The molecule has 1 saturated carbocycles. The number of hydrogen-bond donors (Lipinski definition) is 2. The molecule has 168 valence electrons. The summed E-state index contributed by atoms with van der Waals surface area (Å²) in [4.78, 5) is 16.2. The summed E-state index contributed by atoms with van der Waals surface area (Å²) in [5, 5.41) is 0.349. The molecule has 1 aliphatic carbocycles. The fourth-order valence-corrected chi connectivity index (χ4v) is 5.27. The van der Waals surface area contributed by atoms with Crippen LogP contribution in [0.1, 0.15) is 45.2 Å². The molecule has 3 fully saturated rings. The first-order chi connectivity index (χ1) is 14.8. The van der Waals surface area contributed by atoms with E-state index in [4.69, 9.17) is 37.8 Å². The Morgan fingerprint density at radius 3 is 2.61 bits per heavy atom. The third kappa shape index (κ3) is 5.61. The molecule has 2 saturated heterocycles. The molecular weight excluding hydrogens is 432 g/mol. The molecule has 31 heavy (non-hydrogen) atoms. The maximum Gasteiger partial charge on any atom is 0.162 e. The molecule has 2 aromatic heterocycles. The SMILES string of the molecule is CC1COCCN1c1cc(C2(C)CCCS2)nc(-c2cc(N)nc(Cl)c2)n1.NC1CC1. The number of rotatable bonds is 3. The van der Waals surface area contributed by atoms with Gasteiger partial charge in [-0.05, 0) is 57.4 Å². The van der Waals surface area contributed by atoms with Crippen molar-refractivity contribution in [3.05, 3.63) is 29.0 Å². The standard InChI is InChI=1S/C19H24ClN5OS.C3H7N/c1-12-11-26-6-5-25(12)17-10-14(19(2)4-3-7-27-19)22-18(24-17)13-8-15(20)23-16(21)9-13;4-3-1-2-3/h8-10,12H,3-7,11H2,1-2H3,(H2,21,23);3H,1-2,4H2. The maximum absolute atomic E-state index is 6.13. The highest BCUT2D eigenvalue weighted by Crippen LogP contribution is 2.46. The van der Waals surface area contributed by atoms with Crippen LogP contribution in [0.3, 0.4) is 0 Å². The van der Waals surface area contributed by atoms with Gasteiger partial charge in [-0.1, -0.05) is 11.6 Å². The van der Waals surface area contributed by atoms with Crippen LogP contribution in [0.5, 0.6) is 0 Å². The number of thioether (sulfide) groups is 1. The van der Waals surface area contributed by atoms with E-state index in [0.29, 0.717) is 36.1 Å². The minimum absolute atomic E-state index is 0.00430. The predicted octanol–water partition coefficient (Wildman–Crippen LogP) is 3.85. The van der Waals surface area contributed by atoms with E-state index in [1.165, 1.54) is 19.3 Å². The van der Waals surface area contributed by atoms with Gasteiger partial charge >= 0.3 is 0 Å². The van der Waals surface area contributed by atoms with Crippen LogP contribution in [0.15, 0.2) is 18.2 Å². The lowest BCUT2D eigenvalue weighted by Crippen LogP contribution is -2.44. The van der Waals surface area contributed by atoms with Gasteiger partial charge in [0.25, 0.3) is 0 Å². The highest BCUT2D eigenvalue weighted by Gasteiger charge is 2.34. The highest BCUT2D eigenvalue weighted by atomic mass is 35.5. The smallest absolute Gasteiger partial charge is 0.162 e. The quantitative estimate of drug-likeness (QED) is 0.663. The van der Waals surface area contributed by atoms with Gasteiger partial charge in [0.2, 0.25) is 0 Å². The summed E-state index contributed by atoms with van der Waals surface area (Å²) in [6, 6.07) is 6.55. The fourth-order valence-electron chi connectivity index (χ4n) is 3.77. The highest BCUT2D eigenvalue weighted by molar-refractivity contribution is 8.00. The Balaban J connectivity index is 0.000000520. The molecule has 5 rings (SSSR count). The fraction of sp³-hybridized carbons (Fsp3) is 0.591. The van der Waals surface area contributed by atoms with Crippen molar-refractivity contribution in [3.63, 3.8) is 0 Å². The number of nitrogens with two attached hydrogens (primary N) is 2. The third-order valence-electron chi connectivity index (χ3n) is 5.83. The Bertz CT molecular complexity index is 899. The average molecular weight is 463 g/mol. The van der Waals surface area contributed by atoms with Crippen molar-refractivity contribution in [1.29, 1.82) is 0 Å². The van der Waals surface area contributed by atoms with E-state index in [2.05, 4.69) is 29.8 Å². The molecule has 0 aromatic carbocycles. The number of nitrogen functional groups attached to an aromatic ring is 1. The largest absolute Gasteiger partial charge is 0.384 e. The molecule has 4 N–H and O–H groups in total. The normalized spacial score (nSPS) is 25.8. The summed E-state index contributed by atoms with van der Waals surface area (Å²) < 4.78 is 5.60.